The molecule has 0 amide bonds. The minimum atomic E-state index is 0.652. The Labute approximate surface area is 153 Å². The number of hydrogen-bond donors (Lipinski definition) is 2. The van der Waals surface area contributed by atoms with E-state index in [1.54, 1.807) is 0 Å². The Morgan fingerprint density at radius 2 is 1.92 bits per heavy atom. The van der Waals surface area contributed by atoms with E-state index < -0.39 is 0 Å². The molecule has 0 spiro atoms. The third-order valence-electron chi connectivity index (χ3n) is 6.09. The lowest BCUT2D eigenvalue weighted by atomic mass is 9.85. The normalized spacial score (nSPS) is 28.8. The summed E-state index contributed by atoms with van der Waals surface area (Å²) in [7, 11) is 1.87. The second-order valence-corrected chi connectivity index (χ2v) is 8.03. The standard InChI is InChI=1S/C20H37N3O2/c1-21-20(23-19-14-18(19)17-6-3-2-4-7-17)22-10-5-11-25-15-16-8-12-24-13-9-16/h16-19H,2-15H2,1H3,(H2,21,22,23). The van der Waals surface area contributed by atoms with Crippen LogP contribution in [-0.4, -0.2) is 52.0 Å². The first-order valence-corrected chi connectivity index (χ1v) is 10.5. The molecule has 2 atom stereocenters. The molecule has 2 aliphatic carbocycles. The fourth-order valence-electron chi connectivity index (χ4n) is 4.38. The first kappa shape index (κ1) is 19.0. The van der Waals surface area contributed by atoms with Gasteiger partial charge in [0.25, 0.3) is 0 Å². The van der Waals surface area contributed by atoms with E-state index in [1.165, 1.54) is 38.5 Å². The van der Waals surface area contributed by atoms with E-state index in [2.05, 4.69) is 15.6 Å². The highest BCUT2D eigenvalue weighted by atomic mass is 16.5. The van der Waals surface area contributed by atoms with Gasteiger partial charge in [-0.15, -0.1) is 0 Å². The summed E-state index contributed by atoms with van der Waals surface area (Å²) in [5.41, 5.74) is 0. The van der Waals surface area contributed by atoms with Crippen molar-refractivity contribution in [2.24, 2.45) is 22.7 Å². The van der Waals surface area contributed by atoms with Gasteiger partial charge in [0, 0.05) is 46.1 Å². The van der Waals surface area contributed by atoms with Crippen LogP contribution in [0.15, 0.2) is 4.99 Å². The number of hydrogen-bond acceptors (Lipinski definition) is 3. The van der Waals surface area contributed by atoms with Crippen LogP contribution in [0.25, 0.3) is 0 Å². The number of guanidine groups is 1. The number of nitrogens with zero attached hydrogens (tertiary/aromatic N) is 1. The molecule has 3 aliphatic rings. The van der Waals surface area contributed by atoms with Crippen molar-refractivity contribution in [1.82, 2.24) is 10.6 Å². The maximum Gasteiger partial charge on any atom is 0.191 e. The molecule has 0 aromatic rings. The van der Waals surface area contributed by atoms with Crippen LogP contribution in [0.3, 0.4) is 0 Å². The zero-order chi connectivity index (χ0) is 17.3. The van der Waals surface area contributed by atoms with Crippen molar-refractivity contribution < 1.29 is 9.47 Å². The monoisotopic (exact) mass is 351 g/mol. The van der Waals surface area contributed by atoms with Crippen LogP contribution in [0.4, 0.5) is 0 Å². The summed E-state index contributed by atoms with van der Waals surface area (Å²) in [6.45, 7) is 4.45. The Morgan fingerprint density at radius 1 is 1.12 bits per heavy atom. The summed E-state index contributed by atoms with van der Waals surface area (Å²) in [5, 5.41) is 7.06. The molecule has 144 valence electrons. The van der Waals surface area contributed by atoms with Gasteiger partial charge in [-0.05, 0) is 43.4 Å². The predicted octanol–water partition coefficient (Wildman–Crippen LogP) is 2.95. The van der Waals surface area contributed by atoms with Crippen LogP contribution in [0, 0.1) is 17.8 Å². The Kier molecular flexibility index (Phi) is 7.86. The van der Waals surface area contributed by atoms with Gasteiger partial charge in [-0.1, -0.05) is 32.1 Å². The molecule has 2 N–H and O–H groups in total. The van der Waals surface area contributed by atoms with E-state index >= 15 is 0 Å². The molecule has 1 saturated heterocycles. The van der Waals surface area contributed by atoms with Gasteiger partial charge < -0.3 is 20.1 Å². The quantitative estimate of drug-likeness (QED) is 0.401. The smallest absolute Gasteiger partial charge is 0.191 e. The van der Waals surface area contributed by atoms with Crippen LogP contribution in [0.2, 0.25) is 0 Å². The Balaban J connectivity index is 1.21. The molecule has 25 heavy (non-hydrogen) atoms. The molecular weight excluding hydrogens is 314 g/mol. The zero-order valence-corrected chi connectivity index (χ0v) is 16.0. The molecular formula is C20H37N3O2. The molecule has 0 radical (unpaired) electrons. The van der Waals surface area contributed by atoms with Crippen LogP contribution in [0.1, 0.15) is 57.8 Å². The van der Waals surface area contributed by atoms with Crippen molar-refractivity contribution >= 4 is 5.96 Å². The molecule has 0 aromatic carbocycles. The molecule has 2 unspecified atom stereocenters. The third kappa shape index (κ3) is 6.45. The highest BCUT2D eigenvalue weighted by Gasteiger charge is 2.43. The van der Waals surface area contributed by atoms with Crippen LogP contribution >= 0.6 is 0 Å². The van der Waals surface area contributed by atoms with Crippen molar-refractivity contribution in [3.63, 3.8) is 0 Å². The fraction of sp³-hybridized carbons (Fsp3) is 0.950. The summed E-state index contributed by atoms with van der Waals surface area (Å²) in [5.74, 6) is 3.51. The lowest BCUT2D eigenvalue weighted by Gasteiger charge is -2.22. The first-order chi connectivity index (χ1) is 12.4. The fourth-order valence-corrected chi connectivity index (χ4v) is 4.38. The van der Waals surface area contributed by atoms with Crippen molar-refractivity contribution in [2.75, 3.05) is 40.0 Å². The van der Waals surface area contributed by atoms with Crippen LogP contribution < -0.4 is 10.6 Å². The summed E-state index contributed by atoms with van der Waals surface area (Å²) < 4.78 is 11.2. The van der Waals surface area contributed by atoms with Crippen LogP contribution in [0.5, 0.6) is 0 Å². The average Bonchev–Trinajstić information content (AvgIpc) is 3.44. The second kappa shape index (κ2) is 10.4. The molecule has 5 heteroatoms. The number of rotatable bonds is 8. The predicted molar refractivity (Wildman–Crippen MR) is 102 cm³/mol. The molecule has 1 aliphatic heterocycles. The van der Waals surface area contributed by atoms with Gasteiger partial charge in [-0.2, -0.15) is 0 Å². The van der Waals surface area contributed by atoms with Gasteiger partial charge in [-0.25, -0.2) is 0 Å². The van der Waals surface area contributed by atoms with E-state index in [9.17, 15) is 0 Å². The SMILES string of the molecule is CN=C(NCCCOCC1CCOCC1)NC1CC1C1CCCCC1. The van der Waals surface area contributed by atoms with Gasteiger partial charge in [0.2, 0.25) is 0 Å². The molecule has 5 nitrogen and oxygen atoms in total. The number of ether oxygens (including phenoxy) is 2. The van der Waals surface area contributed by atoms with E-state index in [0.717, 1.165) is 70.0 Å². The summed E-state index contributed by atoms with van der Waals surface area (Å²) in [6.07, 6.45) is 11.9. The zero-order valence-electron chi connectivity index (χ0n) is 16.0. The van der Waals surface area contributed by atoms with Crippen molar-refractivity contribution in [2.45, 2.75) is 63.8 Å². The van der Waals surface area contributed by atoms with Gasteiger partial charge in [0.1, 0.15) is 0 Å². The van der Waals surface area contributed by atoms with Gasteiger partial charge in [-0.3, -0.25) is 4.99 Å². The lowest BCUT2D eigenvalue weighted by Crippen LogP contribution is -2.40. The van der Waals surface area contributed by atoms with Crippen LogP contribution in [-0.2, 0) is 9.47 Å². The lowest BCUT2D eigenvalue weighted by molar-refractivity contribution is 0.0203. The highest BCUT2D eigenvalue weighted by molar-refractivity contribution is 5.80. The van der Waals surface area contributed by atoms with E-state index in [0.29, 0.717) is 12.0 Å². The molecule has 0 aromatic heterocycles. The van der Waals surface area contributed by atoms with E-state index in [1.807, 2.05) is 7.05 Å². The molecule has 3 rings (SSSR count). The maximum absolute atomic E-state index is 5.82. The van der Waals surface area contributed by atoms with E-state index in [4.69, 9.17) is 9.47 Å². The summed E-state index contributed by atoms with van der Waals surface area (Å²) in [4.78, 5) is 4.38. The van der Waals surface area contributed by atoms with Crippen molar-refractivity contribution in [1.29, 1.82) is 0 Å². The topological polar surface area (TPSA) is 54.9 Å². The second-order valence-electron chi connectivity index (χ2n) is 8.03. The molecule has 2 saturated carbocycles. The first-order valence-electron chi connectivity index (χ1n) is 10.5. The molecule has 0 bridgehead atoms. The maximum atomic E-state index is 5.82. The number of nitrogens with one attached hydrogen (secondary N) is 2. The minimum absolute atomic E-state index is 0.652. The van der Waals surface area contributed by atoms with Crippen molar-refractivity contribution in [3.05, 3.63) is 0 Å². The highest BCUT2D eigenvalue weighted by Crippen LogP contribution is 2.44. The Morgan fingerprint density at radius 3 is 2.68 bits per heavy atom. The number of aliphatic imine (C=N–C) groups is 1. The largest absolute Gasteiger partial charge is 0.381 e. The third-order valence-corrected chi connectivity index (χ3v) is 6.09. The summed E-state index contributed by atoms with van der Waals surface area (Å²) in [6, 6.07) is 0.652. The average molecular weight is 352 g/mol. The summed E-state index contributed by atoms with van der Waals surface area (Å²) >= 11 is 0. The Bertz CT molecular complexity index is 404. The van der Waals surface area contributed by atoms with Crippen molar-refractivity contribution in [3.8, 4) is 0 Å². The minimum Gasteiger partial charge on any atom is -0.381 e. The van der Waals surface area contributed by atoms with Gasteiger partial charge in [0.15, 0.2) is 5.96 Å². The van der Waals surface area contributed by atoms with Gasteiger partial charge >= 0.3 is 0 Å². The van der Waals surface area contributed by atoms with Gasteiger partial charge in [0.05, 0.1) is 0 Å². The Hall–Kier alpha value is -0.810. The molecule has 1 heterocycles. The molecule has 3 fully saturated rings. The van der Waals surface area contributed by atoms with E-state index in [-0.39, 0.29) is 0 Å².